The maximum absolute atomic E-state index is 12.9. The number of nitrogens with one attached hydrogen (secondary N) is 1. The van der Waals surface area contributed by atoms with Gasteiger partial charge in [0.25, 0.3) is 5.91 Å². The fraction of sp³-hybridized carbons (Fsp3) is 0.263. The van der Waals surface area contributed by atoms with E-state index in [1.54, 1.807) is 17.8 Å². The second-order valence-electron chi connectivity index (χ2n) is 6.45. The first-order valence-electron chi connectivity index (χ1n) is 8.96. The van der Waals surface area contributed by atoms with E-state index in [0.29, 0.717) is 28.8 Å². The third-order valence-corrected chi connectivity index (χ3v) is 4.64. The lowest BCUT2D eigenvalue weighted by Gasteiger charge is -2.08. The van der Waals surface area contributed by atoms with E-state index in [9.17, 15) is 4.79 Å². The number of benzene rings is 1. The van der Waals surface area contributed by atoms with Crippen LogP contribution in [0.15, 0.2) is 41.2 Å². The van der Waals surface area contributed by atoms with Gasteiger partial charge in [0.15, 0.2) is 5.69 Å². The van der Waals surface area contributed by atoms with Crippen LogP contribution in [-0.2, 0) is 13.1 Å². The minimum atomic E-state index is -0.377. The zero-order chi connectivity index (χ0) is 19.7. The van der Waals surface area contributed by atoms with Gasteiger partial charge in [-0.2, -0.15) is 5.10 Å². The number of aryl methyl sites for hydroxylation is 2. The van der Waals surface area contributed by atoms with Crippen molar-refractivity contribution in [1.82, 2.24) is 24.5 Å². The molecule has 3 heterocycles. The normalized spacial score (nSPS) is 11.2. The Hall–Kier alpha value is -3.13. The van der Waals surface area contributed by atoms with Gasteiger partial charge in [-0.15, -0.1) is 0 Å². The molecule has 28 heavy (non-hydrogen) atoms. The highest BCUT2D eigenvalue weighted by Gasteiger charge is 2.22. The minimum Gasteiger partial charge on any atom is -0.361 e. The summed E-state index contributed by atoms with van der Waals surface area (Å²) in [5.74, 6) is 0.665. The molecule has 0 aliphatic carbocycles. The van der Waals surface area contributed by atoms with Crippen LogP contribution in [0.3, 0.4) is 0 Å². The van der Waals surface area contributed by atoms with Crippen LogP contribution in [-0.4, -0.2) is 30.4 Å². The molecule has 4 rings (SSSR count). The van der Waals surface area contributed by atoms with Crippen LogP contribution in [0.2, 0.25) is 5.02 Å². The molecule has 4 aromatic rings. The first-order valence-corrected chi connectivity index (χ1v) is 9.34. The van der Waals surface area contributed by atoms with Crippen molar-refractivity contribution in [3.63, 3.8) is 0 Å². The van der Waals surface area contributed by atoms with Crippen molar-refractivity contribution >= 4 is 34.5 Å². The highest BCUT2D eigenvalue weighted by molar-refractivity contribution is 6.30. The van der Waals surface area contributed by atoms with E-state index in [4.69, 9.17) is 16.1 Å². The summed E-state index contributed by atoms with van der Waals surface area (Å²) in [5.41, 5.74) is 2.66. The molecule has 9 heteroatoms. The van der Waals surface area contributed by atoms with E-state index >= 15 is 0 Å². The average molecular weight is 399 g/mol. The third-order valence-electron chi connectivity index (χ3n) is 4.45. The highest BCUT2D eigenvalue weighted by atomic mass is 35.5. The quantitative estimate of drug-likeness (QED) is 0.532. The number of aromatic nitrogens is 5. The van der Waals surface area contributed by atoms with Crippen molar-refractivity contribution in [3.8, 4) is 0 Å². The van der Waals surface area contributed by atoms with Gasteiger partial charge in [-0.25, -0.2) is 4.98 Å². The summed E-state index contributed by atoms with van der Waals surface area (Å²) in [6.45, 7) is 4.91. The fourth-order valence-corrected chi connectivity index (χ4v) is 3.28. The van der Waals surface area contributed by atoms with Crippen molar-refractivity contribution in [2.75, 3.05) is 5.32 Å². The Labute approximate surface area is 166 Å². The Kier molecular flexibility index (Phi) is 4.87. The highest BCUT2D eigenvalue weighted by Crippen LogP contribution is 2.22. The summed E-state index contributed by atoms with van der Waals surface area (Å²) in [5, 5.41) is 11.5. The first-order chi connectivity index (χ1) is 13.6. The minimum absolute atomic E-state index is 0.208. The number of amides is 1. The molecule has 0 saturated heterocycles. The topological polar surface area (TPSA) is 90.8 Å². The predicted octanol–water partition coefficient (Wildman–Crippen LogP) is 3.89. The van der Waals surface area contributed by atoms with Crippen molar-refractivity contribution < 1.29 is 9.32 Å². The van der Waals surface area contributed by atoms with Gasteiger partial charge in [-0.1, -0.05) is 35.8 Å². The number of hydrogen-bond donors (Lipinski definition) is 1. The SMILES string of the molecule is CCCn1c(NC(=O)c2noc(C)c2Cn2cc(Cl)cn2)nc2ccccc21. The van der Waals surface area contributed by atoms with Gasteiger partial charge in [-0.3, -0.25) is 14.8 Å². The summed E-state index contributed by atoms with van der Waals surface area (Å²) in [6, 6.07) is 7.78. The molecule has 1 aromatic carbocycles. The number of carbonyl (C=O) groups is 1. The van der Waals surface area contributed by atoms with Crippen LogP contribution in [0.25, 0.3) is 11.0 Å². The van der Waals surface area contributed by atoms with Crippen molar-refractivity contribution in [2.24, 2.45) is 0 Å². The van der Waals surface area contributed by atoms with Crippen LogP contribution in [0.4, 0.5) is 5.95 Å². The Bertz CT molecular complexity index is 1140. The number of nitrogens with zero attached hydrogens (tertiary/aromatic N) is 5. The van der Waals surface area contributed by atoms with Crippen LogP contribution in [0.1, 0.15) is 35.2 Å². The fourth-order valence-electron chi connectivity index (χ4n) is 3.12. The molecule has 0 unspecified atom stereocenters. The molecule has 8 nitrogen and oxygen atoms in total. The molecule has 0 spiro atoms. The summed E-state index contributed by atoms with van der Waals surface area (Å²) in [6.07, 6.45) is 4.13. The monoisotopic (exact) mass is 398 g/mol. The maximum Gasteiger partial charge on any atom is 0.280 e. The van der Waals surface area contributed by atoms with Crippen LogP contribution in [0, 0.1) is 6.92 Å². The van der Waals surface area contributed by atoms with Crippen LogP contribution < -0.4 is 5.32 Å². The molecule has 1 N–H and O–H groups in total. The molecule has 3 aromatic heterocycles. The molecule has 0 aliphatic rings. The van der Waals surface area contributed by atoms with Crippen LogP contribution in [0.5, 0.6) is 0 Å². The van der Waals surface area contributed by atoms with Gasteiger partial charge in [-0.05, 0) is 25.5 Å². The maximum atomic E-state index is 12.9. The molecule has 0 atom stereocenters. The number of imidazole rings is 1. The van der Waals surface area contributed by atoms with Gasteiger partial charge >= 0.3 is 0 Å². The van der Waals surface area contributed by atoms with E-state index in [0.717, 1.165) is 24.0 Å². The van der Waals surface area contributed by atoms with E-state index in [2.05, 4.69) is 27.5 Å². The van der Waals surface area contributed by atoms with E-state index in [-0.39, 0.29) is 11.6 Å². The van der Waals surface area contributed by atoms with Gasteiger partial charge in [0.2, 0.25) is 5.95 Å². The number of fused-ring (bicyclic) bond motifs is 1. The lowest BCUT2D eigenvalue weighted by molar-refractivity contribution is 0.101. The Morgan fingerprint density at radius 3 is 2.89 bits per heavy atom. The summed E-state index contributed by atoms with van der Waals surface area (Å²) in [7, 11) is 0. The molecule has 1 amide bonds. The summed E-state index contributed by atoms with van der Waals surface area (Å²) < 4.78 is 8.88. The number of anilines is 1. The largest absolute Gasteiger partial charge is 0.361 e. The second kappa shape index (κ2) is 7.47. The number of halogens is 1. The average Bonchev–Trinajstić information content (AvgIpc) is 3.35. The molecule has 0 aliphatic heterocycles. The van der Waals surface area contributed by atoms with Gasteiger partial charge < -0.3 is 9.09 Å². The number of para-hydroxylation sites is 2. The predicted molar refractivity (Wildman–Crippen MR) is 106 cm³/mol. The zero-order valence-corrected chi connectivity index (χ0v) is 16.3. The van der Waals surface area contributed by atoms with Crippen molar-refractivity contribution in [2.45, 2.75) is 33.4 Å². The summed E-state index contributed by atoms with van der Waals surface area (Å²) >= 11 is 5.92. The molecular weight excluding hydrogens is 380 g/mol. The Balaban J connectivity index is 1.64. The summed E-state index contributed by atoms with van der Waals surface area (Å²) in [4.78, 5) is 17.5. The van der Waals surface area contributed by atoms with Gasteiger partial charge in [0.1, 0.15) is 5.76 Å². The van der Waals surface area contributed by atoms with Gasteiger partial charge in [0.05, 0.1) is 28.8 Å². The molecule has 0 fully saturated rings. The first kappa shape index (κ1) is 18.2. The molecule has 144 valence electrons. The van der Waals surface area contributed by atoms with Crippen LogP contribution >= 0.6 is 11.6 Å². The Morgan fingerprint density at radius 1 is 1.32 bits per heavy atom. The molecule has 0 bridgehead atoms. The van der Waals surface area contributed by atoms with Crippen molar-refractivity contribution in [3.05, 3.63) is 58.7 Å². The van der Waals surface area contributed by atoms with Gasteiger partial charge in [0, 0.05) is 18.3 Å². The smallest absolute Gasteiger partial charge is 0.280 e. The van der Waals surface area contributed by atoms with E-state index in [1.807, 2.05) is 28.8 Å². The standard InChI is InChI=1S/C19H19ClN6O2/c1-3-8-26-16-7-5-4-6-15(16)22-19(26)23-18(27)17-14(12(2)28-24-17)11-25-10-13(20)9-21-25/h4-7,9-10H,3,8,11H2,1-2H3,(H,22,23,27). The number of rotatable bonds is 6. The lowest BCUT2D eigenvalue weighted by atomic mass is 10.2. The molecule has 0 radical (unpaired) electrons. The van der Waals surface area contributed by atoms with E-state index < -0.39 is 0 Å². The second-order valence-corrected chi connectivity index (χ2v) is 6.89. The molecule has 0 saturated carbocycles. The Morgan fingerprint density at radius 2 is 2.14 bits per heavy atom. The lowest BCUT2D eigenvalue weighted by Crippen LogP contribution is -2.19. The number of carbonyl (C=O) groups excluding carboxylic acids is 1. The third kappa shape index (κ3) is 3.38. The molecular formula is C19H19ClN6O2. The zero-order valence-electron chi connectivity index (χ0n) is 15.5. The van der Waals surface area contributed by atoms with E-state index in [1.165, 1.54) is 6.20 Å². The van der Waals surface area contributed by atoms with Crippen molar-refractivity contribution in [1.29, 1.82) is 0 Å². The number of hydrogen-bond acceptors (Lipinski definition) is 5.